The second-order valence-electron chi connectivity index (χ2n) is 4.10. The Morgan fingerprint density at radius 1 is 1.25 bits per heavy atom. The lowest BCUT2D eigenvalue weighted by Crippen LogP contribution is -2.18. The first-order valence-electron chi connectivity index (χ1n) is 6.59. The van der Waals surface area contributed by atoms with Gasteiger partial charge in [-0.05, 0) is 19.1 Å². The van der Waals surface area contributed by atoms with Gasteiger partial charge in [-0.25, -0.2) is 0 Å². The zero-order chi connectivity index (χ0) is 14.2. The van der Waals surface area contributed by atoms with Crippen LogP contribution in [0.2, 0.25) is 0 Å². The maximum Gasteiger partial charge on any atom is 0.151 e. The van der Waals surface area contributed by atoms with Crippen molar-refractivity contribution in [3.8, 4) is 16.3 Å². The van der Waals surface area contributed by atoms with Crippen LogP contribution in [0.15, 0.2) is 24.3 Å². The number of rotatable bonds is 8. The SMILES string of the molecule is CCOc1ccccc1-c1nnc(CNCCOC)s1. The van der Waals surface area contributed by atoms with E-state index in [9.17, 15) is 0 Å². The number of aromatic nitrogens is 2. The summed E-state index contributed by atoms with van der Waals surface area (Å²) in [7, 11) is 1.69. The monoisotopic (exact) mass is 293 g/mol. The Balaban J connectivity index is 2.04. The van der Waals surface area contributed by atoms with Crippen LogP contribution in [-0.2, 0) is 11.3 Å². The van der Waals surface area contributed by atoms with E-state index in [0.29, 0.717) is 19.8 Å². The molecule has 0 amide bonds. The van der Waals surface area contributed by atoms with Crippen LogP contribution in [0.5, 0.6) is 5.75 Å². The van der Waals surface area contributed by atoms with Crippen LogP contribution in [0.3, 0.4) is 0 Å². The van der Waals surface area contributed by atoms with Crippen molar-refractivity contribution in [2.75, 3.05) is 26.9 Å². The van der Waals surface area contributed by atoms with Crippen molar-refractivity contribution < 1.29 is 9.47 Å². The van der Waals surface area contributed by atoms with Gasteiger partial charge in [0.05, 0.1) is 18.8 Å². The van der Waals surface area contributed by atoms with Crippen molar-refractivity contribution in [1.29, 1.82) is 0 Å². The second-order valence-corrected chi connectivity index (χ2v) is 5.16. The number of ether oxygens (including phenoxy) is 2. The van der Waals surface area contributed by atoms with Crippen LogP contribution >= 0.6 is 11.3 Å². The first-order valence-corrected chi connectivity index (χ1v) is 7.41. The fourth-order valence-corrected chi connectivity index (χ4v) is 2.57. The lowest BCUT2D eigenvalue weighted by atomic mass is 10.2. The minimum absolute atomic E-state index is 0.640. The van der Waals surface area contributed by atoms with E-state index in [1.54, 1.807) is 18.4 Å². The molecule has 0 saturated carbocycles. The summed E-state index contributed by atoms with van der Waals surface area (Å²) in [6.07, 6.45) is 0. The maximum atomic E-state index is 5.62. The Bertz CT molecular complexity index is 531. The molecule has 108 valence electrons. The molecule has 20 heavy (non-hydrogen) atoms. The number of para-hydroxylation sites is 1. The molecule has 1 heterocycles. The standard InChI is InChI=1S/C14H19N3O2S/c1-3-19-12-7-5-4-6-11(12)14-17-16-13(20-14)10-15-8-9-18-2/h4-7,15H,3,8-10H2,1-2H3. The molecule has 0 aliphatic heterocycles. The minimum atomic E-state index is 0.640. The van der Waals surface area contributed by atoms with Gasteiger partial charge in [-0.15, -0.1) is 10.2 Å². The highest BCUT2D eigenvalue weighted by Gasteiger charge is 2.11. The smallest absolute Gasteiger partial charge is 0.151 e. The molecule has 6 heteroatoms. The summed E-state index contributed by atoms with van der Waals surface area (Å²) in [6.45, 7) is 4.82. The topological polar surface area (TPSA) is 56.3 Å². The van der Waals surface area contributed by atoms with Crippen LogP contribution in [-0.4, -0.2) is 37.1 Å². The van der Waals surface area contributed by atoms with E-state index in [4.69, 9.17) is 9.47 Å². The van der Waals surface area contributed by atoms with Gasteiger partial charge in [-0.1, -0.05) is 23.5 Å². The van der Waals surface area contributed by atoms with Crippen molar-refractivity contribution in [2.45, 2.75) is 13.5 Å². The molecule has 0 aliphatic rings. The van der Waals surface area contributed by atoms with E-state index in [2.05, 4.69) is 15.5 Å². The lowest BCUT2D eigenvalue weighted by molar-refractivity contribution is 0.199. The number of hydrogen-bond acceptors (Lipinski definition) is 6. The fraction of sp³-hybridized carbons (Fsp3) is 0.429. The number of methoxy groups -OCH3 is 1. The molecule has 0 aliphatic carbocycles. The molecule has 1 aromatic carbocycles. The molecule has 2 aromatic rings. The molecule has 2 rings (SSSR count). The van der Waals surface area contributed by atoms with Crippen LogP contribution < -0.4 is 10.1 Å². The van der Waals surface area contributed by atoms with Gasteiger partial charge >= 0.3 is 0 Å². The molecule has 0 fully saturated rings. The van der Waals surface area contributed by atoms with Crippen molar-refractivity contribution >= 4 is 11.3 Å². The van der Waals surface area contributed by atoms with E-state index in [-0.39, 0.29) is 0 Å². The molecule has 0 atom stereocenters. The largest absolute Gasteiger partial charge is 0.493 e. The highest BCUT2D eigenvalue weighted by atomic mass is 32.1. The fourth-order valence-electron chi connectivity index (χ4n) is 1.73. The van der Waals surface area contributed by atoms with Crippen molar-refractivity contribution in [2.24, 2.45) is 0 Å². The van der Waals surface area contributed by atoms with Gasteiger partial charge in [0.1, 0.15) is 10.8 Å². The average Bonchev–Trinajstić information content (AvgIpc) is 2.93. The Morgan fingerprint density at radius 2 is 2.10 bits per heavy atom. The molecule has 0 bridgehead atoms. The molecule has 1 aromatic heterocycles. The number of nitrogens with one attached hydrogen (secondary N) is 1. The number of nitrogens with zero attached hydrogens (tertiary/aromatic N) is 2. The van der Waals surface area contributed by atoms with Crippen LogP contribution in [0, 0.1) is 0 Å². The maximum absolute atomic E-state index is 5.62. The van der Waals surface area contributed by atoms with Gasteiger partial charge in [-0.3, -0.25) is 0 Å². The van der Waals surface area contributed by atoms with Gasteiger partial charge in [0.15, 0.2) is 5.01 Å². The third kappa shape index (κ3) is 4.00. The molecular weight excluding hydrogens is 274 g/mol. The zero-order valence-corrected chi connectivity index (χ0v) is 12.6. The zero-order valence-electron chi connectivity index (χ0n) is 11.8. The van der Waals surface area contributed by atoms with Gasteiger partial charge in [0, 0.05) is 20.2 Å². The Labute approximate surface area is 123 Å². The van der Waals surface area contributed by atoms with E-state index >= 15 is 0 Å². The molecule has 1 N–H and O–H groups in total. The van der Waals surface area contributed by atoms with Crippen molar-refractivity contribution in [3.05, 3.63) is 29.3 Å². The summed E-state index contributed by atoms with van der Waals surface area (Å²) in [4.78, 5) is 0. The van der Waals surface area contributed by atoms with E-state index in [1.807, 2.05) is 31.2 Å². The molecule has 0 unspecified atom stereocenters. The highest BCUT2D eigenvalue weighted by molar-refractivity contribution is 7.14. The third-order valence-corrected chi connectivity index (χ3v) is 3.60. The quantitative estimate of drug-likeness (QED) is 0.757. The summed E-state index contributed by atoms with van der Waals surface area (Å²) in [5.74, 6) is 0.852. The average molecular weight is 293 g/mol. The summed E-state index contributed by atoms with van der Waals surface area (Å²) in [6, 6.07) is 7.91. The number of hydrogen-bond donors (Lipinski definition) is 1. The van der Waals surface area contributed by atoms with Gasteiger partial charge in [-0.2, -0.15) is 0 Å². The van der Waals surface area contributed by atoms with Gasteiger partial charge < -0.3 is 14.8 Å². The highest BCUT2D eigenvalue weighted by Crippen LogP contribution is 2.31. The van der Waals surface area contributed by atoms with E-state index in [0.717, 1.165) is 27.9 Å². The summed E-state index contributed by atoms with van der Waals surface area (Å²) in [5.41, 5.74) is 0.995. The van der Waals surface area contributed by atoms with Crippen LogP contribution in [0.25, 0.3) is 10.6 Å². The summed E-state index contributed by atoms with van der Waals surface area (Å²) in [5, 5.41) is 13.6. The molecule has 0 spiro atoms. The third-order valence-electron chi connectivity index (χ3n) is 2.64. The van der Waals surface area contributed by atoms with E-state index in [1.165, 1.54) is 0 Å². The Hall–Kier alpha value is -1.50. The predicted molar refractivity (Wildman–Crippen MR) is 80.1 cm³/mol. The van der Waals surface area contributed by atoms with Crippen LogP contribution in [0.4, 0.5) is 0 Å². The summed E-state index contributed by atoms with van der Waals surface area (Å²) >= 11 is 1.58. The molecule has 5 nitrogen and oxygen atoms in total. The first-order chi connectivity index (χ1) is 9.85. The molecular formula is C14H19N3O2S. The van der Waals surface area contributed by atoms with E-state index < -0.39 is 0 Å². The number of benzene rings is 1. The van der Waals surface area contributed by atoms with Crippen molar-refractivity contribution in [3.63, 3.8) is 0 Å². The molecule has 0 radical (unpaired) electrons. The minimum Gasteiger partial charge on any atom is -0.493 e. The second kappa shape index (κ2) is 7.94. The van der Waals surface area contributed by atoms with Crippen molar-refractivity contribution in [1.82, 2.24) is 15.5 Å². The summed E-state index contributed by atoms with van der Waals surface area (Å²) < 4.78 is 10.6. The molecule has 0 saturated heterocycles. The van der Waals surface area contributed by atoms with Crippen LogP contribution in [0.1, 0.15) is 11.9 Å². The first kappa shape index (κ1) is 14.9. The normalized spacial score (nSPS) is 10.7. The Kier molecular flexibility index (Phi) is 5.91. The van der Waals surface area contributed by atoms with Gasteiger partial charge in [0.2, 0.25) is 0 Å². The predicted octanol–water partition coefficient (Wildman–Crippen LogP) is 2.34. The van der Waals surface area contributed by atoms with Gasteiger partial charge in [0.25, 0.3) is 0 Å². The Morgan fingerprint density at radius 3 is 2.90 bits per heavy atom. The lowest BCUT2D eigenvalue weighted by Gasteiger charge is -2.06.